The van der Waals surface area contributed by atoms with Crippen LogP contribution in [0.2, 0.25) is 0 Å². The zero-order valence-corrected chi connectivity index (χ0v) is 13.5. The third-order valence-corrected chi connectivity index (χ3v) is 3.90. The van der Waals surface area contributed by atoms with Crippen LogP contribution in [-0.2, 0) is 0 Å². The van der Waals surface area contributed by atoms with Crippen LogP contribution in [0.25, 0.3) is 0 Å². The lowest BCUT2D eigenvalue weighted by molar-refractivity contribution is 0.0535. The lowest BCUT2D eigenvalue weighted by Crippen LogP contribution is -2.50. The summed E-state index contributed by atoms with van der Waals surface area (Å²) in [4.78, 5) is 28.4. The molecule has 4 nitrogen and oxygen atoms in total. The van der Waals surface area contributed by atoms with E-state index in [2.05, 4.69) is 0 Å². The van der Waals surface area contributed by atoms with Crippen LogP contribution in [0.3, 0.4) is 0 Å². The van der Waals surface area contributed by atoms with Crippen LogP contribution < -0.4 is 0 Å². The molecule has 23 heavy (non-hydrogen) atoms. The van der Waals surface area contributed by atoms with E-state index in [1.807, 2.05) is 70.5 Å². The molecule has 0 aliphatic carbocycles. The smallest absolute Gasteiger partial charge is 0.253 e. The van der Waals surface area contributed by atoms with Crippen molar-refractivity contribution in [1.29, 1.82) is 0 Å². The summed E-state index contributed by atoms with van der Waals surface area (Å²) in [5, 5.41) is 0. The Labute approximate surface area is 142 Å². The summed E-state index contributed by atoms with van der Waals surface area (Å²) in [6.07, 6.45) is 0. The van der Waals surface area contributed by atoms with Crippen LogP contribution in [0.5, 0.6) is 0 Å². The Morgan fingerprint density at radius 3 is 1.22 bits per heavy atom. The minimum atomic E-state index is 0. The maximum absolute atomic E-state index is 12.4. The van der Waals surface area contributed by atoms with Crippen LogP contribution in [0.4, 0.5) is 0 Å². The highest BCUT2D eigenvalue weighted by Crippen LogP contribution is 2.11. The molecule has 1 fully saturated rings. The molecule has 1 saturated heterocycles. The van der Waals surface area contributed by atoms with Gasteiger partial charge in [-0.05, 0) is 24.3 Å². The molecule has 5 heteroatoms. The minimum Gasteiger partial charge on any atom is -0.335 e. The molecule has 0 spiro atoms. The lowest BCUT2D eigenvalue weighted by atomic mass is 10.1. The molecule has 0 N–H and O–H groups in total. The van der Waals surface area contributed by atoms with Gasteiger partial charge in [-0.15, -0.1) is 12.4 Å². The highest BCUT2D eigenvalue weighted by molar-refractivity contribution is 5.96. The summed E-state index contributed by atoms with van der Waals surface area (Å²) in [6.45, 7) is 2.30. The van der Waals surface area contributed by atoms with E-state index in [4.69, 9.17) is 0 Å². The Morgan fingerprint density at radius 2 is 0.913 bits per heavy atom. The quantitative estimate of drug-likeness (QED) is 0.849. The number of halogens is 1. The second-order valence-corrected chi connectivity index (χ2v) is 5.32. The summed E-state index contributed by atoms with van der Waals surface area (Å²) in [7, 11) is 0. The highest BCUT2D eigenvalue weighted by atomic mass is 35.5. The monoisotopic (exact) mass is 330 g/mol. The Balaban J connectivity index is 0.00000192. The SMILES string of the molecule is Cl.O=C(c1ccccc1)N1CCN(C(=O)c2ccccc2)CC1. The summed E-state index contributed by atoms with van der Waals surface area (Å²) in [5.74, 6) is 0.0693. The molecule has 1 aliphatic heterocycles. The van der Waals surface area contributed by atoms with Gasteiger partial charge in [0.15, 0.2) is 0 Å². The van der Waals surface area contributed by atoms with Gasteiger partial charge in [0.05, 0.1) is 0 Å². The maximum atomic E-state index is 12.4. The van der Waals surface area contributed by atoms with Gasteiger partial charge in [-0.3, -0.25) is 9.59 Å². The summed E-state index contributed by atoms with van der Waals surface area (Å²) >= 11 is 0. The number of carbonyl (C=O) groups is 2. The first-order valence-electron chi connectivity index (χ1n) is 7.44. The van der Waals surface area contributed by atoms with Crippen molar-refractivity contribution in [2.45, 2.75) is 0 Å². The second kappa shape index (κ2) is 7.79. The first kappa shape index (κ1) is 17.0. The molecule has 0 saturated carbocycles. The fraction of sp³-hybridized carbons (Fsp3) is 0.222. The molecule has 2 aromatic carbocycles. The van der Waals surface area contributed by atoms with Crippen LogP contribution >= 0.6 is 12.4 Å². The maximum Gasteiger partial charge on any atom is 0.253 e. The molecule has 0 atom stereocenters. The standard InChI is InChI=1S/C18H18N2O2.ClH/c21-17(15-7-3-1-4-8-15)19-11-13-20(14-12-19)18(22)16-9-5-2-6-10-16;/h1-10H,11-14H2;1H. The van der Waals surface area contributed by atoms with E-state index in [0.29, 0.717) is 37.3 Å². The molecule has 120 valence electrons. The van der Waals surface area contributed by atoms with E-state index in [1.54, 1.807) is 0 Å². The number of nitrogens with zero attached hydrogens (tertiary/aromatic N) is 2. The third kappa shape index (κ3) is 3.90. The molecule has 0 aromatic heterocycles. The number of hydrogen-bond acceptors (Lipinski definition) is 2. The summed E-state index contributed by atoms with van der Waals surface area (Å²) in [5.41, 5.74) is 1.40. The van der Waals surface area contributed by atoms with Crippen molar-refractivity contribution < 1.29 is 9.59 Å². The predicted molar refractivity (Wildman–Crippen MR) is 91.9 cm³/mol. The number of piperazine rings is 1. The third-order valence-electron chi connectivity index (χ3n) is 3.90. The Morgan fingerprint density at radius 1 is 0.609 bits per heavy atom. The molecule has 1 aliphatic rings. The van der Waals surface area contributed by atoms with Gasteiger partial charge in [0.1, 0.15) is 0 Å². The average molecular weight is 331 g/mol. The number of rotatable bonds is 2. The Hall–Kier alpha value is -2.33. The average Bonchev–Trinajstić information content (AvgIpc) is 2.62. The zero-order chi connectivity index (χ0) is 15.4. The zero-order valence-electron chi connectivity index (χ0n) is 12.7. The van der Waals surface area contributed by atoms with Crippen LogP contribution in [-0.4, -0.2) is 47.8 Å². The molecule has 0 radical (unpaired) electrons. The van der Waals surface area contributed by atoms with Crippen molar-refractivity contribution in [3.63, 3.8) is 0 Å². The van der Waals surface area contributed by atoms with E-state index in [9.17, 15) is 9.59 Å². The van der Waals surface area contributed by atoms with Crippen molar-refractivity contribution in [3.05, 3.63) is 71.8 Å². The van der Waals surface area contributed by atoms with E-state index in [0.717, 1.165) is 0 Å². The van der Waals surface area contributed by atoms with E-state index < -0.39 is 0 Å². The fourth-order valence-electron chi connectivity index (χ4n) is 2.64. The Bertz CT molecular complexity index is 594. The predicted octanol–water partition coefficient (Wildman–Crippen LogP) is 2.71. The van der Waals surface area contributed by atoms with Crippen molar-refractivity contribution in [3.8, 4) is 0 Å². The first-order chi connectivity index (χ1) is 10.8. The molecule has 3 rings (SSSR count). The van der Waals surface area contributed by atoms with Gasteiger partial charge in [0.2, 0.25) is 0 Å². The van der Waals surface area contributed by atoms with Crippen LogP contribution in [0.15, 0.2) is 60.7 Å². The Kier molecular flexibility index (Phi) is 5.77. The normalized spacial score (nSPS) is 14.1. The minimum absolute atomic E-state index is 0. The summed E-state index contributed by atoms with van der Waals surface area (Å²) in [6, 6.07) is 18.5. The van der Waals surface area contributed by atoms with Crippen LogP contribution in [0.1, 0.15) is 20.7 Å². The lowest BCUT2D eigenvalue weighted by Gasteiger charge is -2.34. The highest BCUT2D eigenvalue weighted by Gasteiger charge is 2.25. The number of carbonyl (C=O) groups excluding carboxylic acids is 2. The number of benzene rings is 2. The number of hydrogen-bond donors (Lipinski definition) is 0. The van der Waals surface area contributed by atoms with Gasteiger partial charge in [-0.25, -0.2) is 0 Å². The van der Waals surface area contributed by atoms with Gasteiger partial charge < -0.3 is 9.80 Å². The molecule has 2 aromatic rings. The fourth-order valence-corrected chi connectivity index (χ4v) is 2.64. The molecule has 1 heterocycles. The largest absolute Gasteiger partial charge is 0.335 e. The van der Waals surface area contributed by atoms with Gasteiger partial charge >= 0.3 is 0 Å². The van der Waals surface area contributed by atoms with Gasteiger partial charge in [0.25, 0.3) is 11.8 Å². The van der Waals surface area contributed by atoms with Gasteiger partial charge in [-0.1, -0.05) is 36.4 Å². The van der Waals surface area contributed by atoms with Crippen molar-refractivity contribution in [2.24, 2.45) is 0 Å². The van der Waals surface area contributed by atoms with Crippen LogP contribution in [0, 0.1) is 0 Å². The molecular formula is C18H19ClN2O2. The van der Waals surface area contributed by atoms with Crippen molar-refractivity contribution in [1.82, 2.24) is 9.80 Å². The first-order valence-corrected chi connectivity index (χ1v) is 7.44. The summed E-state index contributed by atoms with van der Waals surface area (Å²) < 4.78 is 0. The topological polar surface area (TPSA) is 40.6 Å². The molecule has 0 bridgehead atoms. The van der Waals surface area contributed by atoms with Gasteiger partial charge in [0, 0.05) is 37.3 Å². The van der Waals surface area contributed by atoms with E-state index >= 15 is 0 Å². The molecule has 2 amide bonds. The van der Waals surface area contributed by atoms with E-state index in [1.165, 1.54) is 0 Å². The van der Waals surface area contributed by atoms with Crippen molar-refractivity contribution >= 4 is 24.2 Å². The number of amides is 2. The van der Waals surface area contributed by atoms with Crippen molar-refractivity contribution in [2.75, 3.05) is 26.2 Å². The second-order valence-electron chi connectivity index (χ2n) is 5.32. The molecule has 0 unspecified atom stereocenters. The molecular weight excluding hydrogens is 312 g/mol. The van der Waals surface area contributed by atoms with E-state index in [-0.39, 0.29) is 24.2 Å². The van der Waals surface area contributed by atoms with Gasteiger partial charge in [-0.2, -0.15) is 0 Å².